The predicted molar refractivity (Wildman–Crippen MR) is 234 cm³/mol. The molecule has 2 amide bonds. The van der Waals surface area contributed by atoms with Gasteiger partial charge in [0.05, 0.1) is 35.4 Å². The Morgan fingerprint density at radius 2 is 1.79 bits per heavy atom. The largest absolute Gasteiger partial charge is 0.494 e. The number of aromatic amines is 1. The van der Waals surface area contributed by atoms with Crippen molar-refractivity contribution >= 4 is 86.0 Å². The van der Waals surface area contributed by atoms with Gasteiger partial charge in [0.25, 0.3) is 0 Å². The number of alkyl halides is 1. The Morgan fingerprint density at radius 3 is 2.59 bits per heavy atom. The van der Waals surface area contributed by atoms with Crippen LogP contribution in [0.15, 0.2) is 131 Å². The van der Waals surface area contributed by atoms with Crippen molar-refractivity contribution in [2.24, 2.45) is 10.1 Å². The number of amides is 2. The standard InChI is InChI=1S/C44H36Cl2N8O6S/c45-24-37(55)54(42(36-15-8-22-61-36)44(58)47-20-18-27-9-2-1-3-10-27)29-16-17-35(32(46)23-29)59-26-28-25-53(52-50-28)21-19-38(56)60-51-40-31-12-5-7-14-34(31)48-41(40)39-30-11-4-6-13-33(30)49-43(39)57/h1-17,22-23,25,42,49,57H,18-21,24,26H2,(H,47,58)/b51-40+. The fourth-order valence-electron chi connectivity index (χ4n) is 6.87. The molecule has 0 saturated carbocycles. The quantitative estimate of drug-likeness (QED) is 0.0499. The minimum Gasteiger partial charge on any atom is -0.494 e. The number of thiophene rings is 1. The third-order valence-electron chi connectivity index (χ3n) is 9.74. The summed E-state index contributed by atoms with van der Waals surface area (Å²) in [5.41, 5.74) is 5.05. The highest BCUT2D eigenvalue weighted by Gasteiger charge is 2.34. The van der Waals surface area contributed by atoms with Gasteiger partial charge in [-0.15, -0.1) is 28.0 Å². The zero-order valence-corrected chi connectivity index (χ0v) is 34.5. The van der Waals surface area contributed by atoms with Gasteiger partial charge in [-0.25, -0.2) is 9.79 Å². The molecule has 14 nitrogen and oxygen atoms in total. The molecule has 0 saturated heterocycles. The molecule has 4 heterocycles. The van der Waals surface area contributed by atoms with E-state index in [-0.39, 0.29) is 42.3 Å². The first-order valence-electron chi connectivity index (χ1n) is 19.1. The number of aryl methyl sites for hydroxylation is 1. The number of aromatic nitrogens is 4. The van der Waals surface area contributed by atoms with Crippen LogP contribution in [0, 0.1) is 0 Å². The monoisotopic (exact) mass is 874 g/mol. The van der Waals surface area contributed by atoms with Gasteiger partial charge in [-0.1, -0.05) is 94.8 Å². The van der Waals surface area contributed by atoms with E-state index in [0.717, 1.165) is 16.5 Å². The van der Waals surface area contributed by atoms with Crippen LogP contribution in [0.4, 0.5) is 11.4 Å². The fourth-order valence-corrected chi connectivity index (χ4v) is 8.04. The van der Waals surface area contributed by atoms with Crippen molar-refractivity contribution in [3.05, 3.63) is 153 Å². The maximum absolute atomic E-state index is 13.7. The summed E-state index contributed by atoms with van der Waals surface area (Å²) in [7, 11) is 0. The van der Waals surface area contributed by atoms with Gasteiger partial charge in [0.15, 0.2) is 5.88 Å². The van der Waals surface area contributed by atoms with E-state index in [1.54, 1.807) is 30.5 Å². The Bertz CT molecular complexity index is 2770. The number of carbonyl (C=O) groups is 3. The number of nitrogens with one attached hydrogen (secondary N) is 2. The molecule has 0 radical (unpaired) electrons. The van der Waals surface area contributed by atoms with Crippen molar-refractivity contribution in [1.29, 1.82) is 0 Å². The van der Waals surface area contributed by atoms with Crippen LogP contribution in [0.5, 0.6) is 11.6 Å². The van der Waals surface area contributed by atoms with Crippen LogP contribution in [0.3, 0.4) is 0 Å². The molecule has 0 aliphatic carbocycles. The van der Waals surface area contributed by atoms with E-state index in [4.69, 9.17) is 37.8 Å². The predicted octanol–water partition coefficient (Wildman–Crippen LogP) is 7.90. The number of ether oxygens (including phenoxy) is 1. The van der Waals surface area contributed by atoms with Gasteiger partial charge in [-0.05, 0) is 53.8 Å². The zero-order valence-electron chi connectivity index (χ0n) is 32.2. The highest BCUT2D eigenvalue weighted by atomic mass is 35.5. The molecule has 4 aromatic carbocycles. The lowest BCUT2D eigenvalue weighted by atomic mass is 10.0. The Hall–Kier alpha value is -6.81. The van der Waals surface area contributed by atoms with Gasteiger partial charge in [0.1, 0.15) is 41.4 Å². The van der Waals surface area contributed by atoms with E-state index in [2.05, 4.69) is 25.8 Å². The molecule has 17 heteroatoms. The number of hydrogen-bond acceptors (Lipinski definition) is 11. The van der Waals surface area contributed by atoms with Crippen LogP contribution < -0.4 is 15.0 Å². The second-order valence-electron chi connectivity index (χ2n) is 13.7. The lowest BCUT2D eigenvalue weighted by Gasteiger charge is -2.30. The maximum Gasteiger partial charge on any atom is 0.336 e. The number of para-hydroxylation sites is 2. The number of aromatic hydroxyl groups is 1. The van der Waals surface area contributed by atoms with E-state index in [9.17, 15) is 19.5 Å². The van der Waals surface area contributed by atoms with Crippen LogP contribution in [-0.2, 0) is 38.8 Å². The SMILES string of the molecule is O=C(CCn1cc(COc2ccc(N(C(=O)CCl)C(C(=O)NCCc3ccccc3)c3cccs3)cc2Cl)nn1)O/N=C1/C(c2c(O)[nH]c3ccccc23)=Nc2ccccc21. The van der Waals surface area contributed by atoms with E-state index >= 15 is 0 Å². The summed E-state index contributed by atoms with van der Waals surface area (Å²) in [6.45, 7) is 0.505. The molecule has 7 aromatic rings. The van der Waals surface area contributed by atoms with Crippen molar-refractivity contribution in [2.45, 2.75) is 32.0 Å². The first kappa shape index (κ1) is 40.9. The number of anilines is 1. The van der Waals surface area contributed by atoms with E-state index in [1.165, 1.54) is 20.9 Å². The lowest BCUT2D eigenvalue weighted by molar-refractivity contribution is -0.144. The highest BCUT2D eigenvalue weighted by molar-refractivity contribution is 7.10. The molecule has 0 bridgehead atoms. The zero-order chi connectivity index (χ0) is 42.3. The number of rotatable bonds is 16. The van der Waals surface area contributed by atoms with E-state index in [0.29, 0.717) is 63.2 Å². The van der Waals surface area contributed by atoms with Crippen molar-refractivity contribution in [2.75, 3.05) is 17.3 Å². The number of benzene rings is 4. The third kappa shape index (κ3) is 9.18. The number of hydrogen-bond donors (Lipinski definition) is 3. The molecule has 1 atom stereocenters. The molecule has 0 fully saturated rings. The fraction of sp³-hybridized carbons (Fsp3) is 0.159. The van der Waals surface area contributed by atoms with Gasteiger partial charge >= 0.3 is 5.97 Å². The first-order chi connectivity index (χ1) is 29.8. The van der Waals surface area contributed by atoms with Crippen molar-refractivity contribution in [3.63, 3.8) is 0 Å². The van der Waals surface area contributed by atoms with Crippen LogP contribution in [0.25, 0.3) is 10.9 Å². The third-order valence-corrected chi connectivity index (χ3v) is 11.2. The number of H-pyrrole nitrogens is 1. The van der Waals surface area contributed by atoms with Gasteiger partial charge in [0.2, 0.25) is 11.8 Å². The summed E-state index contributed by atoms with van der Waals surface area (Å²) in [4.78, 5) is 55.1. The number of fused-ring (bicyclic) bond motifs is 2. The Balaban J connectivity index is 0.893. The number of nitrogens with zero attached hydrogens (tertiary/aromatic N) is 6. The Kier molecular flexibility index (Phi) is 12.5. The van der Waals surface area contributed by atoms with Crippen LogP contribution in [0.2, 0.25) is 5.02 Å². The van der Waals surface area contributed by atoms with Crippen LogP contribution in [-0.4, -0.2) is 66.7 Å². The number of halogens is 2. The number of carbonyl (C=O) groups excluding carboxylic acids is 3. The average Bonchev–Trinajstić information content (AvgIpc) is 4.10. The van der Waals surface area contributed by atoms with Crippen LogP contribution >= 0.6 is 34.5 Å². The van der Waals surface area contributed by atoms with Crippen LogP contribution in [0.1, 0.15) is 39.7 Å². The van der Waals surface area contributed by atoms with Gasteiger partial charge in [-0.2, -0.15) is 0 Å². The summed E-state index contributed by atoms with van der Waals surface area (Å²) in [6.07, 6.45) is 2.17. The van der Waals surface area contributed by atoms with Crippen molar-refractivity contribution in [1.82, 2.24) is 25.3 Å². The summed E-state index contributed by atoms with van der Waals surface area (Å²) in [5.74, 6) is -1.59. The van der Waals surface area contributed by atoms with E-state index < -0.39 is 17.9 Å². The molecule has 1 unspecified atom stereocenters. The second kappa shape index (κ2) is 18.6. The average molecular weight is 876 g/mol. The van der Waals surface area contributed by atoms with Crippen molar-refractivity contribution in [3.8, 4) is 11.6 Å². The molecular formula is C44H36Cl2N8O6S. The summed E-state index contributed by atoms with van der Waals surface area (Å²) in [6, 6.07) is 31.9. The molecule has 61 heavy (non-hydrogen) atoms. The summed E-state index contributed by atoms with van der Waals surface area (Å²) in [5, 5.41) is 29.0. The second-order valence-corrected chi connectivity index (χ2v) is 15.4. The molecule has 3 aromatic heterocycles. The van der Waals surface area contributed by atoms with E-state index in [1.807, 2.05) is 90.3 Å². The minimum absolute atomic E-state index is 0.00860. The minimum atomic E-state index is -0.991. The molecule has 308 valence electrons. The molecule has 8 rings (SSSR count). The van der Waals surface area contributed by atoms with Gasteiger partial charge in [0, 0.05) is 33.6 Å². The van der Waals surface area contributed by atoms with Gasteiger partial charge < -0.3 is 25.0 Å². The summed E-state index contributed by atoms with van der Waals surface area (Å²) < 4.78 is 7.44. The Morgan fingerprint density at radius 1 is 0.984 bits per heavy atom. The van der Waals surface area contributed by atoms with Gasteiger partial charge in [-0.3, -0.25) is 19.2 Å². The lowest BCUT2D eigenvalue weighted by Crippen LogP contribution is -2.44. The maximum atomic E-state index is 13.7. The molecule has 1 aliphatic heterocycles. The molecule has 3 N–H and O–H groups in total. The van der Waals surface area contributed by atoms with Crippen molar-refractivity contribution < 1.29 is 29.1 Å². The first-order valence-corrected chi connectivity index (χ1v) is 20.9. The molecular weight excluding hydrogens is 840 g/mol. The molecule has 0 spiro atoms. The Labute approximate surface area is 363 Å². The normalized spacial score (nSPS) is 13.1. The topological polar surface area (TPSA) is 176 Å². The smallest absolute Gasteiger partial charge is 0.336 e. The molecule has 1 aliphatic rings. The number of aliphatic imine (C=N–C) groups is 1. The highest BCUT2D eigenvalue weighted by Crippen LogP contribution is 2.37. The number of oxime groups is 1. The summed E-state index contributed by atoms with van der Waals surface area (Å²) >= 11 is 14.1.